The number of amides is 1. The number of rotatable bonds is 5. The highest BCUT2D eigenvalue weighted by atomic mass is 32.1. The Kier molecular flexibility index (Phi) is 5.86. The van der Waals surface area contributed by atoms with Crippen LogP contribution in [0, 0.1) is 11.3 Å². The molecule has 0 fully saturated rings. The van der Waals surface area contributed by atoms with Gasteiger partial charge in [0.15, 0.2) is 5.11 Å². The molecule has 3 rings (SSSR count). The molecule has 1 heterocycles. The molecule has 134 valence electrons. The van der Waals surface area contributed by atoms with Crippen molar-refractivity contribution in [2.45, 2.75) is 32.6 Å². The number of aryl methyl sites for hydroxylation is 1. The first-order valence-electron chi connectivity index (χ1n) is 8.52. The van der Waals surface area contributed by atoms with Crippen LogP contribution in [0.2, 0.25) is 0 Å². The van der Waals surface area contributed by atoms with Gasteiger partial charge in [0, 0.05) is 10.4 Å². The van der Waals surface area contributed by atoms with Gasteiger partial charge in [-0.05, 0) is 61.7 Å². The van der Waals surface area contributed by atoms with Gasteiger partial charge in [0.05, 0.1) is 12.2 Å². The summed E-state index contributed by atoms with van der Waals surface area (Å²) in [6, 6.07) is 9.23. The molecule has 0 unspecified atom stereocenters. The zero-order valence-electron chi connectivity index (χ0n) is 14.4. The van der Waals surface area contributed by atoms with E-state index in [2.05, 4.69) is 16.7 Å². The standard InChI is InChI=1S/C19H19N3O2S2/c1-2-9-24-13-6-3-5-12(10-13)17(23)21-19(25)22-18-15(11-20)14-7-4-8-16(14)26-18/h3,5-6,10H,2,4,7-9H2,1H3,(H2,21,22,23,25). The summed E-state index contributed by atoms with van der Waals surface area (Å²) in [6.07, 6.45) is 3.92. The van der Waals surface area contributed by atoms with Gasteiger partial charge < -0.3 is 10.1 Å². The fourth-order valence-electron chi connectivity index (χ4n) is 2.87. The molecular formula is C19H19N3O2S2. The van der Waals surface area contributed by atoms with Crippen molar-refractivity contribution in [2.75, 3.05) is 11.9 Å². The Morgan fingerprint density at radius 1 is 1.42 bits per heavy atom. The molecule has 1 amide bonds. The van der Waals surface area contributed by atoms with Gasteiger partial charge in [0.1, 0.15) is 16.8 Å². The number of fused-ring (bicyclic) bond motifs is 1. The Labute approximate surface area is 162 Å². The van der Waals surface area contributed by atoms with Crippen molar-refractivity contribution in [1.82, 2.24) is 5.32 Å². The number of anilines is 1. The summed E-state index contributed by atoms with van der Waals surface area (Å²) in [7, 11) is 0. The molecule has 1 aromatic heterocycles. The Morgan fingerprint density at radius 2 is 2.27 bits per heavy atom. The molecule has 0 aliphatic heterocycles. The minimum atomic E-state index is -0.313. The number of nitrogens with one attached hydrogen (secondary N) is 2. The van der Waals surface area contributed by atoms with Gasteiger partial charge in [-0.2, -0.15) is 5.26 Å². The zero-order chi connectivity index (χ0) is 18.5. The Balaban J connectivity index is 1.65. The highest BCUT2D eigenvalue weighted by molar-refractivity contribution is 7.80. The number of nitrogens with zero attached hydrogens (tertiary/aromatic N) is 1. The van der Waals surface area contributed by atoms with Gasteiger partial charge in [-0.25, -0.2) is 0 Å². The number of hydrogen-bond donors (Lipinski definition) is 2. The number of carbonyl (C=O) groups excluding carboxylic acids is 1. The van der Waals surface area contributed by atoms with Crippen molar-refractivity contribution < 1.29 is 9.53 Å². The normalized spacial score (nSPS) is 12.2. The van der Waals surface area contributed by atoms with Crippen molar-refractivity contribution in [3.8, 4) is 11.8 Å². The van der Waals surface area contributed by atoms with E-state index >= 15 is 0 Å². The maximum absolute atomic E-state index is 12.4. The quantitative estimate of drug-likeness (QED) is 0.761. The van der Waals surface area contributed by atoms with E-state index in [-0.39, 0.29) is 11.0 Å². The third kappa shape index (κ3) is 4.03. The van der Waals surface area contributed by atoms with E-state index in [0.29, 0.717) is 28.5 Å². The van der Waals surface area contributed by atoms with Crippen molar-refractivity contribution >= 4 is 39.6 Å². The van der Waals surface area contributed by atoms with Crippen LogP contribution < -0.4 is 15.4 Å². The second kappa shape index (κ2) is 8.30. The van der Waals surface area contributed by atoms with Crippen LogP contribution in [0.15, 0.2) is 24.3 Å². The molecule has 1 aromatic carbocycles. The van der Waals surface area contributed by atoms with E-state index in [4.69, 9.17) is 17.0 Å². The van der Waals surface area contributed by atoms with Crippen LogP contribution in [0.25, 0.3) is 0 Å². The molecule has 0 spiro atoms. The SMILES string of the molecule is CCCOc1cccc(C(=O)NC(=S)Nc2sc3c(c2C#N)CCC3)c1. The molecule has 0 atom stereocenters. The monoisotopic (exact) mass is 385 g/mol. The lowest BCUT2D eigenvalue weighted by molar-refractivity contribution is 0.0977. The van der Waals surface area contributed by atoms with E-state index in [1.807, 2.05) is 13.0 Å². The van der Waals surface area contributed by atoms with Gasteiger partial charge in [-0.15, -0.1) is 11.3 Å². The molecule has 5 nitrogen and oxygen atoms in total. The highest BCUT2D eigenvalue weighted by Gasteiger charge is 2.22. The van der Waals surface area contributed by atoms with Crippen LogP contribution in [0.4, 0.5) is 5.00 Å². The van der Waals surface area contributed by atoms with Crippen LogP contribution in [0.3, 0.4) is 0 Å². The van der Waals surface area contributed by atoms with E-state index < -0.39 is 0 Å². The van der Waals surface area contributed by atoms with E-state index in [1.54, 1.807) is 29.5 Å². The van der Waals surface area contributed by atoms with Gasteiger partial charge in [-0.1, -0.05) is 13.0 Å². The molecule has 1 aliphatic rings. The third-order valence-corrected chi connectivity index (χ3v) is 5.47. The predicted octanol–water partition coefficient (Wildman–Crippen LogP) is 4.02. The van der Waals surface area contributed by atoms with Crippen LogP contribution in [0.5, 0.6) is 5.75 Å². The summed E-state index contributed by atoms with van der Waals surface area (Å²) in [4.78, 5) is 13.6. The molecular weight excluding hydrogens is 366 g/mol. The molecule has 2 aromatic rings. The highest BCUT2D eigenvalue weighted by Crippen LogP contribution is 2.38. The topological polar surface area (TPSA) is 74.2 Å². The lowest BCUT2D eigenvalue weighted by Gasteiger charge is -2.10. The molecule has 0 bridgehead atoms. The second-order valence-corrected chi connectivity index (χ2v) is 7.47. The Morgan fingerprint density at radius 3 is 3.04 bits per heavy atom. The lowest BCUT2D eigenvalue weighted by Crippen LogP contribution is -2.34. The number of benzene rings is 1. The van der Waals surface area contributed by atoms with Crippen molar-refractivity contribution in [1.29, 1.82) is 5.26 Å². The Bertz CT molecular complexity index is 883. The number of thiophene rings is 1. The largest absolute Gasteiger partial charge is 0.494 e. The van der Waals surface area contributed by atoms with Crippen molar-refractivity contribution in [3.63, 3.8) is 0 Å². The summed E-state index contributed by atoms with van der Waals surface area (Å²) in [5.74, 6) is 0.340. The number of nitriles is 1. The van der Waals surface area contributed by atoms with Crippen LogP contribution in [-0.2, 0) is 12.8 Å². The molecule has 1 aliphatic carbocycles. The summed E-state index contributed by atoms with van der Waals surface area (Å²) in [5.41, 5.74) is 2.24. The molecule has 2 N–H and O–H groups in total. The third-order valence-electron chi connectivity index (χ3n) is 4.06. The van der Waals surface area contributed by atoms with Gasteiger partial charge in [-0.3, -0.25) is 10.1 Å². The van der Waals surface area contributed by atoms with E-state index in [0.717, 1.165) is 31.2 Å². The van der Waals surface area contributed by atoms with Crippen molar-refractivity contribution in [3.05, 3.63) is 45.8 Å². The fourth-order valence-corrected chi connectivity index (χ4v) is 4.37. The summed E-state index contributed by atoms with van der Waals surface area (Å²) in [5, 5.41) is 16.0. The number of carbonyl (C=O) groups is 1. The molecule has 0 saturated heterocycles. The minimum Gasteiger partial charge on any atom is -0.494 e. The van der Waals surface area contributed by atoms with Crippen LogP contribution in [-0.4, -0.2) is 17.6 Å². The summed E-state index contributed by atoms with van der Waals surface area (Å²) < 4.78 is 5.55. The molecule has 7 heteroatoms. The average molecular weight is 386 g/mol. The fraction of sp³-hybridized carbons (Fsp3) is 0.316. The first-order valence-corrected chi connectivity index (χ1v) is 9.74. The molecule has 0 radical (unpaired) electrons. The van der Waals surface area contributed by atoms with E-state index in [9.17, 15) is 10.1 Å². The van der Waals surface area contributed by atoms with Gasteiger partial charge in [0.25, 0.3) is 5.91 Å². The maximum atomic E-state index is 12.4. The number of ether oxygens (including phenoxy) is 1. The summed E-state index contributed by atoms with van der Waals surface area (Å²) >= 11 is 6.80. The molecule has 0 saturated carbocycles. The molecule has 26 heavy (non-hydrogen) atoms. The second-order valence-electron chi connectivity index (χ2n) is 5.96. The number of thiocarbonyl (C=S) groups is 1. The Hall–Kier alpha value is -2.43. The van der Waals surface area contributed by atoms with Gasteiger partial charge >= 0.3 is 0 Å². The first kappa shape index (κ1) is 18.4. The summed E-state index contributed by atoms with van der Waals surface area (Å²) in [6.45, 7) is 2.63. The maximum Gasteiger partial charge on any atom is 0.257 e. The van der Waals surface area contributed by atoms with Crippen molar-refractivity contribution in [2.24, 2.45) is 0 Å². The lowest BCUT2D eigenvalue weighted by atomic mass is 10.1. The van der Waals surface area contributed by atoms with E-state index in [1.165, 1.54) is 4.88 Å². The predicted molar refractivity (Wildman–Crippen MR) is 107 cm³/mol. The average Bonchev–Trinajstić information content (AvgIpc) is 3.20. The van der Waals surface area contributed by atoms with Crippen LogP contribution in [0.1, 0.15) is 46.1 Å². The smallest absolute Gasteiger partial charge is 0.257 e. The van der Waals surface area contributed by atoms with Crippen LogP contribution >= 0.6 is 23.6 Å². The first-order chi connectivity index (χ1) is 12.6. The van der Waals surface area contributed by atoms with Gasteiger partial charge in [0.2, 0.25) is 0 Å². The minimum absolute atomic E-state index is 0.186. The zero-order valence-corrected chi connectivity index (χ0v) is 16.1. The number of hydrogen-bond acceptors (Lipinski definition) is 5.